The highest BCUT2D eigenvalue weighted by Gasteiger charge is 2.35. The van der Waals surface area contributed by atoms with Gasteiger partial charge in [-0.05, 0) is 38.3 Å². The largest absolute Gasteiger partial charge is 0.474 e. The lowest BCUT2D eigenvalue weighted by atomic mass is 9.83. The van der Waals surface area contributed by atoms with Crippen molar-refractivity contribution in [1.29, 1.82) is 5.26 Å². The first kappa shape index (κ1) is 17.7. The van der Waals surface area contributed by atoms with E-state index >= 15 is 0 Å². The number of hydrogen-bond acceptors (Lipinski definition) is 5. The molecule has 2 rings (SSSR count). The van der Waals surface area contributed by atoms with Crippen LogP contribution >= 0.6 is 0 Å². The van der Waals surface area contributed by atoms with Crippen molar-refractivity contribution in [1.82, 2.24) is 5.32 Å². The fourth-order valence-electron chi connectivity index (χ4n) is 2.87. The highest BCUT2D eigenvalue weighted by molar-refractivity contribution is 5.82. The number of nitriles is 1. The summed E-state index contributed by atoms with van der Waals surface area (Å²) in [6.45, 7) is 3.26. The van der Waals surface area contributed by atoms with Crippen LogP contribution in [0.5, 0.6) is 5.75 Å². The van der Waals surface area contributed by atoms with E-state index in [0.717, 1.165) is 24.8 Å². The second kappa shape index (κ2) is 7.30. The fourth-order valence-corrected chi connectivity index (χ4v) is 2.87. The highest BCUT2D eigenvalue weighted by Crippen LogP contribution is 2.30. The first-order valence-corrected chi connectivity index (χ1v) is 8.02. The number of carbonyl (C=O) groups excluding carboxylic acids is 1. The van der Waals surface area contributed by atoms with Crippen molar-refractivity contribution in [3.63, 3.8) is 0 Å². The molecule has 1 aromatic rings. The number of benzene rings is 1. The van der Waals surface area contributed by atoms with Crippen LogP contribution in [0.25, 0.3) is 0 Å². The lowest BCUT2D eigenvalue weighted by Crippen LogP contribution is -2.52. The van der Waals surface area contributed by atoms with Crippen LogP contribution in [-0.4, -0.2) is 22.5 Å². The van der Waals surface area contributed by atoms with Crippen LogP contribution in [0.2, 0.25) is 0 Å². The monoisotopic (exact) mass is 331 g/mol. The molecule has 1 aliphatic carbocycles. The molecule has 0 saturated heterocycles. The van der Waals surface area contributed by atoms with Gasteiger partial charge in [-0.15, -0.1) is 0 Å². The zero-order valence-electron chi connectivity index (χ0n) is 13.9. The maximum atomic E-state index is 12.4. The number of rotatable bonds is 5. The van der Waals surface area contributed by atoms with Crippen molar-refractivity contribution in [2.75, 3.05) is 0 Å². The molecule has 0 bridgehead atoms. The smallest absolute Gasteiger partial charge is 0.311 e. The molecule has 0 heterocycles. The minimum atomic E-state index is -0.932. The molecule has 7 heteroatoms. The predicted molar refractivity (Wildman–Crippen MR) is 87.5 cm³/mol. The molecule has 1 amide bonds. The molecule has 1 aliphatic rings. The van der Waals surface area contributed by atoms with E-state index in [9.17, 15) is 20.2 Å². The third kappa shape index (κ3) is 4.02. The zero-order chi connectivity index (χ0) is 17.7. The molecule has 24 heavy (non-hydrogen) atoms. The Kier molecular flexibility index (Phi) is 5.39. The molecular weight excluding hydrogens is 310 g/mol. The summed E-state index contributed by atoms with van der Waals surface area (Å²) in [6.07, 6.45) is 3.15. The Bertz CT molecular complexity index is 675. The van der Waals surface area contributed by atoms with E-state index in [1.165, 1.54) is 19.1 Å². The lowest BCUT2D eigenvalue weighted by Gasteiger charge is -2.32. The van der Waals surface area contributed by atoms with E-state index in [1.54, 1.807) is 13.0 Å². The van der Waals surface area contributed by atoms with Gasteiger partial charge >= 0.3 is 5.69 Å². The van der Waals surface area contributed by atoms with Gasteiger partial charge in [0, 0.05) is 6.07 Å². The first-order chi connectivity index (χ1) is 11.4. The molecule has 0 spiro atoms. The Morgan fingerprint density at radius 2 is 2.08 bits per heavy atom. The van der Waals surface area contributed by atoms with E-state index in [-0.39, 0.29) is 11.4 Å². The molecular formula is C17H21N3O4. The maximum Gasteiger partial charge on any atom is 0.311 e. The summed E-state index contributed by atoms with van der Waals surface area (Å²) >= 11 is 0. The summed E-state index contributed by atoms with van der Waals surface area (Å²) in [6, 6.07) is 6.78. The van der Waals surface area contributed by atoms with E-state index in [4.69, 9.17) is 4.74 Å². The molecule has 128 valence electrons. The molecule has 1 fully saturated rings. The van der Waals surface area contributed by atoms with Gasteiger partial charge in [-0.1, -0.05) is 25.3 Å². The van der Waals surface area contributed by atoms with Crippen molar-refractivity contribution in [2.24, 2.45) is 0 Å². The number of aryl methyl sites for hydroxylation is 1. The number of carbonyl (C=O) groups is 1. The molecule has 0 aromatic heterocycles. The minimum Gasteiger partial charge on any atom is -0.474 e. The summed E-state index contributed by atoms with van der Waals surface area (Å²) < 4.78 is 5.49. The van der Waals surface area contributed by atoms with Gasteiger partial charge < -0.3 is 10.1 Å². The average Bonchev–Trinajstić information content (AvgIpc) is 2.57. The number of nitro benzene ring substituents is 1. The number of nitro groups is 1. The van der Waals surface area contributed by atoms with Gasteiger partial charge in [0.1, 0.15) is 5.54 Å². The van der Waals surface area contributed by atoms with Gasteiger partial charge in [-0.3, -0.25) is 14.9 Å². The molecule has 0 radical (unpaired) electrons. The summed E-state index contributed by atoms with van der Waals surface area (Å²) in [4.78, 5) is 23.0. The molecule has 0 aliphatic heterocycles. The van der Waals surface area contributed by atoms with Crippen molar-refractivity contribution in [3.05, 3.63) is 33.9 Å². The highest BCUT2D eigenvalue weighted by atomic mass is 16.6. The zero-order valence-corrected chi connectivity index (χ0v) is 13.9. The number of nitrogens with zero attached hydrogens (tertiary/aromatic N) is 2. The molecule has 1 aromatic carbocycles. The van der Waals surface area contributed by atoms with Crippen LogP contribution in [0, 0.1) is 28.4 Å². The van der Waals surface area contributed by atoms with Crippen LogP contribution in [0.4, 0.5) is 5.69 Å². The quantitative estimate of drug-likeness (QED) is 0.659. The molecule has 7 nitrogen and oxygen atoms in total. The number of amides is 1. The second-order valence-corrected chi connectivity index (χ2v) is 6.23. The van der Waals surface area contributed by atoms with Gasteiger partial charge in [0.2, 0.25) is 0 Å². The van der Waals surface area contributed by atoms with Gasteiger partial charge in [-0.2, -0.15) is 5.26 Å². The summed E-state index contributed by atoms with van der Waals surface area (Å²) in [5.41, 5.74) is -0.300. The van der Waals surface area contributed by atoms with E-state index in [0.29, 0.717) is 12.8 Å². The number of hydrogen-bond donors (Lipinski definition) is 1. The van der Waals surface area contributed by atoms with Gasteiger partial charge in [-0.25, -0.2) is 0 Å². The Hall–Kier alpha value is -2.62. The van der Waals surface area contributed by atoms with E-state index in [2.05, 4.69) is 11.4 Å². The van der Waals surface area contributed by atoms with Crippen molar-refractivity contribution in [3.8, 4) is 11.8 Å². The van der Waals surface area contributed by atoms with Gasteiger partial charge in [0.25, 0.3) is 5.91 Å². The first-order valence-electron chi connectivity index (χ1n) is 8.02. The standard InChI is InChI=1S/C17H21N3O4/c1-12-6-7-15(14(10-12)20(22)23)24-13(2)16(21)19-17(11-18)8-4-3-5-9-17/h6-7,10,13H,3-5,8-9H2,1-2H3,(H,19,21)/t13-/m1/s1. The Morgan fingerprint density at radius 3 is 2.67 bits per heavy atom. The summed E-state index contributed by atoms with van der Waals surface area (Å²) in [5.74, 6) is -0.392. The average molecular weight is 331 g/mol. The topological polar surface area (TPSA) is 105 Å². The van der Waals surface area contributed by atoms with Crippen LogP contribution in [0.3, 0.4) is 0 Å². The van der Waals surface area contributed by atoms with Crippen LogP contribution in [-0.2, 0) is 4.79 Å². The van der Waals surface area contributed by atoms with E-state index < -0.39 is 22.5 Å². The van der Waals surface area contributed by atoms with Crippen molar-refractivity contribution >= 4 is 11.6 Å². The number of ether oxygens (including phenoxy) is 1. The number of nitrogens with one attached hydrogen (secondary N) is 1. The lowest BCUT2D eigenvalue weighted by molar-refractivity contribution is -0.386. The Labute approximate surface area is 140 Å². The minimum absolute atomic E-state index is 0.0444. The SMILES string of the molecule is Cc1ccc(O[C@H](C)C(=O)NC2(C#N)CCCCC2)c([N+](=O)[O-])c1. The van der Waals surface area contributed by atoms with Crippen molar-refractivity contribution in [2.45, 2.75) is 57.6 Å². The Morgan fingerprint density at radius 1 is 1.42 bits per heavy atom. The van der Waals surface area contributed by atoms with Gasteiger partial charge in [0.15, 0.2) is 11.9 Å². The van der Waals surface area contributed by atoms with Gasteiger partial charge in [0.05, 0.1) is 11.0 Å². The Balaban J connectivity index is 2.09. The van der Waals surface area contributed by atoms with Crippen LogP contribution < -0.4 is 10.1 Å². The van der Waals surface area contributed by atoms with Crippen LogP contribution in [0.15, 0.2) is 18.2 Å². The normalized spacial score (nSPS) is 17.4. The second-order valence-electron chi connectivity index (χ2n) is 6.23. The van der Waals surface area contributed by atoms with Crippen LogP contribution in [0.1, 0.15) is 44.6 Å². The summed E-state index contributed by atoms with van der Waals surface area (Å²) in [5, 5.41) is 23.3. The maximum absolute atomic E-state index is 12.4. The predicted octanol–water partition coefficient (Wildman–Crippen LogP) is 3.01. The van der Waals surface area contributed by atoms with E-state index in [1.807, 2.05) is 0 Å². The van der Waals surface area contributed by atoms with Crippen molar-refractivity contribution < 1.29 is 14.5 Å². The molecule has 1 saturated carbocycles. The third-order valence-electron chi connectivity index (χ3n) is 4.27. The third-order valence-corrected chi connectivity index (χ3v) is 4.27. The summed E-state index contributed by atoms with van der Waals surface area (Å²) in [7, 11) is 0. The molecule has 0 unspecified atom stereocenters. The molecule has 1 N–H and O–H groups in total. The fraction of sp³-hybridized carbons (Fsp3) is 0.529. The molecule has 1 atom stereocenters.